The quantitative estimate of drug-likeness (QED) is 0.528. The molecule has 3 N–H and O–H groups in total. The van der Waals surface area contributed by atoms with E-state index in [4.69, 9.17) is 10.5 Å². The number of nitrogens with two attached hydrogens (primary N) is 1. The number of anilines is 2. The van der Waals surface area contributed by atoms with E-state index >= 15 is 0 Å². The van der Waals surface area contributed by atoms with Gasteiger partial charge in [-0.3, -0.25) is 9.78 Å². The second-order valence-corrected chi connectivity index (χ2v) is 6.91. The third kappa shape index (κ3) is 4.04. The average Bonchev–Trinajstić information content (AvgIpc) is 3.09. The molecule has 0 unspecified atom stereocenters. The Kier molecular flexibility index (Phi) is 4.67. The molecule has 134 valence electrons. The van der Waals surface area contributed by atoms with Crippen LogP contribution < -0.4 is 15.8 Å². The molecule has 0 aliphatic rings. The van der Waals surface area contributed by atoms with Crippen molar-refractivity contribution in [3.63, 3.8) is 0 Å². The van der Waals surface area contributed by atoms with Crippen LogP contribution in [0.3, 0.4) is 0 Å². The SMILES string of the molecule is NC(=O)c1cncc(OCc2cccc(Nc3nc4ccccc4s3)c2)c1. The zero-order chi connectivity index (χ0) is 18.6. The molecule has 0 spiro atoms. The van der Waals surface area contributed by atoms with Gasteiger partial charge in [-0.2, -0.15) is 0 Å². The van der Waals surface area contributed by atoms with E-state index in [1.165, 1.54) is 6.20 Å². The van der Waals surface area contributed by atoms with Crippen LogP contribution in [0.1, 0.15) is 15.9 Å². The number of ether oxygens (including phenoxy) is 1. The Balaban J connectivity index is 1.46. The molecule has 4 aromatic rings. The van der Waals surface area contributed by atoms with Crippen molar-refractivity contribution in [3.05, 3.63) is 78.1 Å². The Morgan fingerprint density at radius 1 is 1.11 bits per heavy atom. The number of para-hydroxylation sites is 1. The van der Waals surface area contributed by atoms with Gasteiger partial charge in [-0.05, 0) is 35.9 Å². The number of fused-ring (bicyclic) bond motifs is 1. The highest BCUT2D eigenvalue weighted by Gasteiger charge is 2.06. The smallest absolute Gasteiger partial charge is 0.250 e. The summed E-state index contributed by atoms with van der Waals surface area (Å²) in [4.78, 5) is 19.8. The van der Waals surface area contributed by atoms with Crippen LogP contribution in [0.5, 0.6) is 5.75 Å². The maximum absolute atomic E-state index is 11.2. The summed E-state index contributed by atoms with van der Waals surface area (Å²) in [5, 5.41) is 4.17. The van der Waals surface area contributed by atoms with Gasteiger partial charge in [0.05, 0.1) is 22.0 Å². The molecule has 0 bridgehead atoms. The molecular weight excluding hydrogens is 360 g/mol. The molecule has 2 heterocycles. The Morgan fingerprint density at radius 3 is 2.85 bits per heavy atom. The monoisotopic (exact) mass is 376 g/mol. The molecule has 0 saturated heterocycles. The summed E-state index contributed by atoms with van der Waals surface area (Å²) in [7, 11) is 0. The third-order valence-electron chi connectivity index (χ3n) is 3.88. The highest BCUT2D eigenvalue weighted by atomic mass is 32.1. The molecule has 0 aliphatic carbocycles. The molecule has 27 heavy (non-hydrogen) atoms. The number of carbonyl (C=O) groups excluding carboxylic acids is 1. The number of pyridine rings is 1. The van der Waals surface area contributed by atoms with Gasteiger partial charge in [0, 0.05) is 11.9 Å². The van der Waals surface area contributed by atoms with Crippen LogP contribution in [-0.2, 0) is 6.61 Å². The number of thiazole rings is 1. The van der Waals surface area contributed by atoms with Gasteiger partial charge in [0.2, 0.25) is 5.91 Å². The van der Waals surface area contributed by atoms with E-state index in [-0.39, 0.29) is 0 Å². The zero-order valence-corrected chi connectivity index (χ0v) is 15.1. The van der Waals surface area contributed by atoms with Gasteiger partial charge in [-0.25, -0.2) is 4.98 Å². The van der Waals surface area contributed by atoms with Crippen LogP contribution >= 0.6 is 11.3 Å². The predicted molar refractivity (Wildman–Crippen MR) is 106 cm³/mol. The van der Waals surface area contributed by atoms with Gasteiger partial charge >= 0.3 is 0 Å². The van der Waals surface area contributed by atoms with Crippen molar-refractivity contribution in [3.8, 4) is 5.75 Å². The molecule has 0 atom stereocenters. The maximum Gasteiger partial charge on any atom is 0.250 e. The van der Waals surface area contributed by atoms with Crippen molar-refractivity contribution < 1.29 is 9.53 Å². The summed E-state index contributed by atoms with van der Waals surface area (Å²) in [6.45, 7) is 0.346. The molecule has 2 aromatic carbocycles. The lowest BCUT2D eigenvalue weighted by Crippen LogP contribution is -2.11. The van der Waals surface area contributed by atoms with Crippen molar-refractivity contribution >= 4 is 38.3 Å². The molecule has 2 aromatic heterocycles. The average molecular weight is 376 g/mol. The van der Waals surface area contributed by atoms with Gasteiger partial charge in [0.15, 0.2) is 5.13 Å². The second kappa shape index (κ2) is 7.43. The van der Waals surface area contributed by atoms with E-state index in [9.17, 15) is 4.79 Å². The Morgan fingerprint density at radius 2 is 2.00 bits per heavy atom. The molecule has 0 aliphatic heterocycles. The minimum atomic E-state index is -0.532. The van der Waals surface area contributed by atoms with Crippen LogP contribution in [0, 0.1) is 0 Å². The fraction of sp³-hybridized carbons (Fsp3) is 0.0500. The molecule has 0 radical (unpaired) electrons. The molecule has 1 amide bonds. The van der Waals surface area contributed by atoms with Crippen molar-refractivity contribution in [1.29, 1.82) is 0 Å². The summed E-state index contributed by atoms with van der Waals surface area (Å²) in [6, 6.07) is 17.5. The second-order valence-electron chi connectivity index (χ2n) is 5.87. The van der Waals surface area contributed by atoms with Crippen LogP contribution in [0.15, 0.2) is 67.0 Å². The van der Waals surface area contributed by atoms with E-state index in [1.807, 2.05) is 42.5 Å². The summed E-state index contributed by atoms with van der Waals surface area (Å²) in [5.41, 5.74) is 8.47. The minimum Gasteiger partial charge on any atom is -0.487 e. The van der Waals surface area contributed by atoms with Gasteiger partial charge in [0.25, 0.3) is 0 Å². The fourth-order valence-electron chi connectivity index (χ4n) is 2.59. The number of rotatable bonds is 6. The number of amides is 1. The van der Waals surface area contributed by atoms with E-state index in [0.717, 1.165) is 26.6 Å². The number of aromatic nitrogens is 2. The summed E-state index contributed by atoms with van der Waals surface area (Å²) >= 11 is 1.61. The topological polar surface area (TPSA) is 90.1 Å². The number of hydrogen-bond acceptors (Lipinski definition) is 6. The first-order valence-corrected chi connectivity index (χ1v) is 9.08. The largest absolute Gasteiger partial charge is 0.487 e. The van der Waals surface area contributed by atoms with Crippen molar-refractivity contribution in [2.45, 2.75) is 6.61 Å². The van der Waals surface area contributed by atoms with Gasteiger partial charge in [0.1, 0.15) is 12.4 Å². The summed E-state index contributed by atoms with van der Waals surface area (Å²) in [6.07, 6.45) is 2.97. The van der Waals surface area contributed by atoms with E-state index < -0.39 is 5.91 Å². The third-order valence-corrected chi connectivity index (χ3v) is 4.83. The molecule has 0 saturated carbocycles. The lowest BCUT2D eigenvalue weighted by atomic mass is 10.2. The van der Waals surface area contributed by atoms with Crippen LogP contribution in [0.4, 0.5) is 10.8 Å². The van der Waals surface area contributed by atoms with E-state index in [1.54, 1.807) is 23.6 Å². The van der Waals surface area contributed by atoms with Crippen LogP contribution in [0.2, 0.25) is 0 Å². The standard InChI is InChI=1S/C20H16N4O2S/c21-19(25)14-9-16(11-22-10-14)26-12-13-4-3-5-15(8-13)23-20-24-17-6-1-2-7-18(17)27-20/h1-11H,12H2,(H2,21,25)(H,23,24). The van der Waals surface area contributed by atoms with Crippen LogP contribution in [0.25, 0.3) is 10.2 Å². The highest BCUT2D eigenvalue weighted by molar-refractivity contribution is 7.22. The number of nitrogens with zero attached hydrogens (tertiary/aromatic N) is 2. The lowest BCUT2D eigenvalue weighted by molar-refractivity contribution is 0.0999. The van der Waals surface area contributed by atoms with Crippen molar-refractivity contribution in [2.24, 2.45) is 5.73 Å². The summed E-state index contributed by atoms with van der Waals surface area (Å²) < 4.78 is 6.87. The lowest BCUT2D eigenvalue weighted by Gasteiger charge is -2.09. The highest BCUT2D eigenvalue weighted by Crippen LogP contribution is 2.28. The predicted octanol–water partition coefficient (Wildman–Crippen LogP) is 4.11. The molecular formula is C20H16N4O2S. The Bertz CT molecular complexity index is 1080. The number of carbonyl (C=O) groups is 1. The number of hydrogen-bond donors (Lipinski definition) is 2. The van der Waals surface area contributed by atoms with Gasteiger partial charge < -0.3 is 15.8 Å². The first-order valence-electron chi connectivity index (χ1n) is 8.26. The first-order chi connectivity index (χ1) is 13.2. The summed E-state index contributed by atoms with van der Waals surface area (Å²) in [5.74, 6) is -0.0363. The Labute approximate surface area is 159 Å². The van der Waals surface area contributed by atoms with Crippen molar-refractivity contribution in [2.75, 3.05) is 5.32 Å². The van der Waals surface area contributed by atoms with Crippen LogP contribution in [-0.4, -0.2) is 15.9 Å². The minimum absolute atomic E-state index is 0.318. The number of primary amides is 1. The number of benzene rings is 2. The van der Waals surface area contributed by atoms with Gasteiger partial charge in [-0.15, -0.1) is 0 Å². The van der Waals surface area contributed by atoms with E-state index in [0.29, 0.717) is 17.9 Å². The van der Waals surface area contributed by atoms with Gasteiger partial charge in [-0.1, -0.05) is 35.6 Å². The normalized spacial score (nSPS) is 10.7. The Hall–Kier alpha value is -3.45. The number of nitrogens with one attached hydrogen (secondary N) is 1. The molecule has 0 fully saturated rings. The molecule has 7 heteroatoms. The molecule has 6 nitrogen and oxygen atoms in total. The maximum atomic E-state index is 11.2. The first kappa shape index (κ1) is 17.0. The van der Waals surface area contributed by atoms with Crippen molar-refractivity contribution in [1.82, 2.24) is 9.97 Å². The van der Waals surface area contributed by atoms with E-state index in [2.05, 4.69) is 21.4 Å². The fourth-order valence-corrected chi connectivity index (χ4v) is 3.47. The molecule has 4 rings (SSSR count). The zero-order valence-electron chi connectivity index (χ0n) is 14.3.